The van der Waals surface area contributed by atoms with Crippen LogP contribution < -0.4 is 18.9 Å². The second-order valence-corrected chi connectivity index (χ2v) is 6.03. The Kier molecular flexibility index (Phi) is 4.08. The zero-order chi connectivity index (χ0) is 18.3. The number of ether oxygens (including phenoxy) is 5. The number of aliphatic hydroxyl groups excluding tert-OH is 1. The highest BCUT2D eigenvalue weighted by molar-refractivity contribution is 5.90. The number of carbonyl (C=O) groups is 1. The normalized spacial score (nSPS) is 19.7. The summed E-state index contributed by atoms with van der Waals surface area (Å²) in [6.07, 6.45) is -0.439. The number of esters is 1. The molecule has 0 unspecified atom stereocenters. The van der Waals surface area contributed by atoms with Crippen LogP contribution in [-0.4, -0.2) is 38.7 Å². The van der Waals surface area contributed by atoms with Gasteiger partial charge in [0.1, 0.15) is 6.10 Å². The average Bonchev–Trinajstić information content (AvgIpc) is 3.29. The number of hydrogen-bond acceptors (Lipinski definition) is 7. The van der Waals surface area contributed by atoms with E-state index in [1.807, 2.05) is 18.2 Å². The van der Waals surface area contributed by atoms with Gasteiger partial charge >= 0.3 is 5.97 Å². The van der Waals surface area contributed by atoms with E-state index in [0.29, 0.717) is 34.1 Å². The van der Waals surface area contributed by atoms with Gasteiger partial charge in [-0.25, -0.2) is 4.79 Å². The molecule has 4 rings (SSSR count). The van der Waals surface area contributed by atoms with E-state index in [1.54, 1.807) is 12.1 Å². The molecule has 2 heterocycles. The Morgan fingerprint density at radius 1 is 1.19 bits per heavy atom. The van der Waals surface area contributed by atoms with E-state index >= 15 is 0 Å². The quantitative estimate of drug-likeness (QED) is 0.840. The third-order valence-corrected chi connectivity index (χ3v) is 4.66. The molecule has 0 spiro atoms. The van der Waals surface area contributed by atoms with Crippen molar-refractivity contribution in [2.45, 2.75) is 12.0 Å². The minimum atomic E-state index is -0.477. The first-order chi connectivity index (χ1) is 12.7. The summed E-state index contributed by atoms with van der Waals surface area (Å²) in [5.41, 5.74) is 1.89. The van der Waals surface area contributed by atoms with Crippen LogP contribution in [0.2, 0.25) is 0 Å². The summed E-state index contributed by atoms with van der Waals surface area (Å²) in [7, 11) is 2.82. The van der Waals surface area contributed by atoms with Gasteiger partial charge in [-0.3, -0.25) is 0 Å². The Labute approximate surface area is 150 Å². The van der Waals surface area contributed by atoms with E-state index in [-0.39, 0.29) is 19.3 Å². The van der Waals surface area contributed by atoms with Gasteiger partial charge in [-0.15, -0.1) is 0 Å². The molecule has 136 valence electrons. The lowest BCUT2D eigenvalue weighted by Crippen LogP contribution is -2.13. The second kappa shape index (κ2) is 6.42. The van der Waals surface area contributed by atoms with Crippen molar-refractivity contribution in [3.8, 4) is 23.0 Å². The molecule has 1 N–H and O–H groups in total. The van der Waals surface area contributed by atoms with Crippen LogP contribution in [0.15, 0.2) is 30.3 Å². The molecule has 2 aromatic rings. The predicted octanol–water partition coefficient (Wildman–Crippen LogP) is 2.42. The van der Waals surface area contributed by atoms with E-state index in [9.17, 15) is 9.90 Å². The molecule has 2 aliphatic heterocycles. The average molecular weight is 358 g/mol. The molecule has 7 nitrogen and oxygen atoms in total. The topological polar surface area (TPSA) is 83.5 Å². The minimum absolute atomic E-state index is 0.153. The van der Waals surface area contributed by atoms with Gasteiger partial charge in [0.15, 0.2) is 23.0 Å². The van der Waals surface area contributed by atoms with Crippen molar-refractivity contribution in [3.05, 3.63) is 47.0 Å². The number of aliphatic hydroxyl groups is 1. The van der Waals surface area contributed by atoms with Crippen molar-refractivity contribution in [1.29, 1.82) is 0 Å². The Balaban J connectivity index is 1.76. The number of rotatable bonds is 4. The van der Waals surface area contributed by atoms with Crippen LogP contribution in [0.3, 0.4) is 0 Å². The summed E-state index contributed by atoms with van der Waals surface area (Å²) in [6.45, 7) is 0.0319. The number of carbonyl (C=O) groups excluding carboxylic acids is 1. The number of methoxy groups -OCH3 is 2. The third-order valence-electron chi connectivity index (χ3n) is 4.66. The van der Waals surface area contributed by atoms with E-state index in [0.717, 1.165) is 5.56 Å². The van der Waals surface area contributed by atoms with Crippen LogP contribution in [-0.2, 0) is 4.74 Å². The summed E-state index contributed by atoms with van der Waals surface area (Å²) < 4.78 is 27.1. The smallest absolute Gasteiger partial charge is 0.337 e. The predicted molar refractivity (Wildman–Crippen MR) is 90.1 cm³/mol. The molecule has 0 bridgehead atoms. The lowest BCUT2D eigenvalue weighted by molar-refractivity contribution is 0.0600. The van der Waals surface area contributed by atoms with Gasteiger partial charge in [0, 0.05) is 5.56 Å². The van der Waals surface area contributed by atoms with Gasteiger partial charge in [-0.1, -0.05) is 6.07 Å². The fraction of sp³-hybridized carbons (Fsp3) is 0.316. The Bertz CT molecular complexity index is 861. The van der Waals surface area contributed by atoms with Crippen LogP contribution in [0, 0.1) is 0 Å². The molecule has 2 aromatic carbocycles. The van der Waals surface area contributed by atoms with Crippen molar-refractivity contribution in [1.82, 2.24) is 0 Å². The first kappa shape index (κ1) is 16.5. The monoisotopic (exact) mass is 358 g/mol. The summed E-state index contributed by atoms with van der Waals surface area (Å²) in [5, 5.41) is 10.00. The molecular weight excluding hydrogens is 340 g/mol. The van der Waals surface area contributed by atoms with E-state index in [4.69, 9.17) is 23.7 Å². The van der Waals surface area contributed by atoms with Gasteiger partial charge < -0.3 is 28.8 Å². The molecule has 2 aliphatic rings. The molecule has 0 radical (unpaired) electrons. The van der Waals surface area contributed by atoms with E-state index < -0.39 is 12.1 Å². The SMILES string of the molecule is COC(=O)c1cc(OC)c2c(c1)[C@H](CO)[C@@H](c1ccc3c(c1)OCO3)O2. The Morgan fingerprint density at radius 3 is 2.73 bits per heavy atom. The molecule has 0 saturated carbocycles. The molecule has 0 fully saturated rings. The summed E-state index contributed by atoms with van der Waals surface area (Å²) in [6, 6.07) is 8.78. The molecule has 0 aromatic heterocycles. The van der Waals surface area contributed by atoms with Crippen molar-refractivity contribution < 1.29 is 33.6 Å². The fourth-order valence-corrected chi connectivity index (χ4v) is 3.37. The van der Waals surface area contributed by atoms with Gasteiger partial charge in [0.25, 0.3) is 0 Å². The van der Waals surface area contributed by atoms with Crippen molar-refractivity contribution in [2.24, 2.45) is 0 Å². The molecule has 0 amide bonds. The Hall–Kier alpha value is -2.93. The van der Waals surface area contributed by atoms with Crippen LogP contribution in [0.1, 0.15) is 33.5 Å². The van der Waals surface area contributed by atoms with Crippen molar-refractivity contribution in [2.75, 3.05) is 27.6 Å². The maximum absolute atomic E-state index is 11.9. The lowest BCUT2D eigenvalue weighted by atomic mass is 9.90. The van der Waals surface area contributed by atoms with Crippen LogP contribution in [0.25, 0.3) is 0 Å². The largest absolute Gasteiger partial charge is 0.493 e. The van der Waals surface area contributed by atoms with Gasteiger partial charge in [0.05, 0.1) is 32.3 Å². The first-order valence-corrected chi connectivity index (χ1v) is 8.13. The zero-order valence-electron chi connectivity index (χ0n) is 14.4. The Morgan fingerprint density at radius 2 is 2.00 bits per heavy atom. The van der Waals surface area contributed by atoms with Crippen molar-refractivity contribution >= 4 is 5.97 Å². The summed E-state index contributed by atoms with van der Waals surface area (Å²) in [5.74, 6) is 1.42. The maximum atomic E-state index is 11.9. The molecule has 0 saturated heterocycles. The molecule has 7 heteroatoms. The third kappa shape index (κ3) is 2.52. The molecule has 0 aliphatic carbocycles. The highest BCUT2D eigenvalue weighted by atomic mass is 16.7. The van der Waals surface area contributed by atoms with Crippen LogP contribution in [0.5, 0.6) is 23.0 Å². The highest BCUT2D eigenvalue weighted by Gasteiger charge is 2.38. The van der Waals surface area contributed by atoms with E-state index in [1.165, 1.54) is 14.2 Å². The van der Waals surface area contributed by atoms with Crippen LogP contribution >= 0.6 is 0 Å². The number of fused-ring (bicyclic) bond motifs is 2. The number of benzene rings is 2. The van der Waals surface area contributed by atoms with Gasteiger partial charge in [-0.05, 0) is 29.8 Å². The summed E-state index contributed by atoms with van der Waals surface area (Å²) >= 11 is 0. The van der Waals surface area contributed by atoms with Crippen molar-refractivity contribution in [3.63, 3.8) is 0 Å². The summed E-state index contributed by atoms with van der Waals surface area (Å²) in [4.78, 5) is 11.9. The van der Waals surface area contributed by atoms with Crippen LogP contribution in [0.4, 0.5) is 0 Å². The molecule has 26 heavy (non-hydrogen) atoms. The van der Waals surface area contributed by atoms with Gasteiger partial charge in [-0.2, -0.15) is 0 Å². The zero-order valence-corrected chi connectivity index (χ0v) is 14.4. The number of hydrogen-bond donors (Lipinski definition) is 1. The maximum Gasteiger partial charge on any atom is 0.337 e. The highest BCUT2D eigenvalue weighted by Crippen LogP contribution is 2.51. The second-order valence-electron chi connectivity index (χ2n) is 6.03. The molecular formula is C19H18O7. The first-order valence-electron chi connectivity index (χ1n) is 8.13. The standard InChI is InChI=1S/C19H18O7/c1-22-16-7-11(19(21)23-2)5-12-13(8-20)17(26-18(12)16)10-3-4-14-15(6-10)25-9-24-14/h3-7,13,17,20H,8-9H2,1-2H3/t13-,17+/m0/s1. The fourth-order valence-electron chi connectivity index (χ4n) is 3.37. The van der Waals surface area contributed by atoms with Gasteiger partial charge in [0.2, 0.25) is 6.79 Å². The van der Waals surface area contributed by atoms with E-state index in [2.05, 4.69) is 0 Å². The molecule has 2 atom stereocenters. The minimum Gasteiger partial charge on any atom is -0.493 e. The lowest BCUT2D eigenvalue weighted by Gasteiger charge is -2.18.